The van der Waals surface area contributed by atoms with Crippen LogP contribution in [-0.2, 0) is 10.7 Å². The molecule has 18 heavy (non-hydrogen) atoms. The average molecular weight is 255 g/mol. The van der Waals surface area contributed by atoms with Gasteiger partial charge in [0.1, 0.15) is 0 Å². The summed E-state index contributed by atoms with van der Waals surface area (Å²) in [5.74, 6) is -2.84. The minimum Gasteiger partial charge on any atom is -0.374 e. The van der Waals surface area contributed by atoms with E-state index in [9.17, 15) is 8.78 Å². The normalized spacial score (nSPS) is 24.4. The topological polar surface area (TPSA) is 21.3 Å². The number of alkyl halides is 2. The number of nitrogens with one attached hydrogen (secondary N) is 1. The van der Waals surface area contributed by atoms with Gasteiger partial charge in [-0.25, -0.2) is 0 Å². The Labute approximate surface area is 106 Å². The van der Waals surface area contributed by atoms with Crippen LogP contribution >= 0.6 is 0 Å². The lowest BCUT2D eigenvalue weighted by Crippen LogP contribution is -2.41. The van der Waals surface area contributed by atoms with E-state index in [1.54, 1.807) is 18.2 Å². The highest BCUT2D eigenvalue weighted by atomic mass is 19.3. The predicted octanol–water partition coefficient (Wildman–Crippen LogP) is 2.94. The van der Waals surface area contributed by atoms with E-state index in [-0.39, 0.29) is 17.7 Å². The van der Waals surface area contributed by atoms with Crippen LogP contribution in [0.25, 0.3) is 0 Å². The van der Waals surface area contributed by atoms with E-state index in [1.807, 2.05) is 6.92 Å². The first-order chi connectivity index (χ1) is 8.52. The van der Waals surface area contributed by atoms with Crippen molar-refractivity contribution < 1.29 is 13.5 Å². The number of ether oxygens (including phenoxy) is 1. The lowest BCUT2D eigenvalue weighted by Gasteiger charge is -2.25. The summed E-state index contributed by atoms with van der Waals surface area (Å²) in [4.78, 5) is 0. The highest BCUT2D eigenvalue weighted by Crippen LogP contribution is 2.28. The molecule has 1 saturated heterocycles. The van der Waals surface area contributed by atoms with Crippen LogP contribution in [0.4, 0.5) is 8.78 Å². The largest absolute Gasteiger partial charge is 0.374 e. The van der Waals surface area contributed by atoms with Crippen molar-refractivity contribution in [2.45, 2.75) is 31.3 Å². The van der Waals surface area contributed by atoms with Crippen LogP contribution in [0.5, 0.6) is 0 Å². The minimum absolute atomic E-state index is 0.0509. The third-order valence-corrected chi connectivity index (χ3v) is 3.34. The zero-order valence-corrected chi connectivity index (χ0v) is 10.6. The van der Waals surface area contributed by atoms with Gasteiger partial charge in [-0.1, -0.05) is 30.3 Å². The number of hydrogen-bond acceptors (Lipinski definition) is 2. The van der Waals surface area contributed by atoms with Crippen molar-refractivity contribution in [1.82, 2.24) is 5.32 Å². The molecule has 2 rings (SSSR count). The van der Waals surface area contributed by atoms with E-state index in [0.29, 0.717) is 6.54 Å². The van der Waals surface area contributed by atoms with E-state index in [4.69, 9.17) is 4.74 Å². The smallest absolute Gasteiger partial charge is 0.285 e. The van der Waals surface area contributed by atoms with Crippen LogP contribution in [0.15, 0.2) is 30.3 Å². The van der Waals surface area contributed by atoms with Gasteiger partial charge >= 0.3 is 0 Å². The maximum Gasteiger partial charge on any atom is 0.285 e. The van der Waals surface area contributed by atoms with E-state index >= 15 is 0 Å². The molecular weight excluding hydrogens is 236 g/mol. The summed E-state index contributed by atoms with van der Waals surface area (Å²) in [5.41, 5.74) is -0.234. The Hall–Kier alpha value is -1.00. The summed E-state index contributed by atoms with van der Waals surface area (Å²) < 4.78 is 33.3. The maximum atomic E-state index is 13.9. The van der Waals surface area contributed by atoms with Crippen LogP contribution in [-0.4, -0.2) is 25.3 Å². The summed E-state index contributed by atoms with van der Waals surface area (Å²) in [6.45, 7) is 2.81. The predicted molar refractivity (Wildman–Crippen MR) is 66.8 cm³/mol. The van der Waals surface area contributed by atoms with Gasteiger partial charge in [-0.05, 0) is 19.8 Å². The van der Waals surface area contributed by atoms with Crippen LogP contribution in [0.3, 0.4) is 0 Å². The first-order valence-electron chi connectivity index (χ1n) is 6.30. The van der Waals surface area contributed by atoms with Crippen molar-refractivity contribution >= 4 is 0 Å². The Kier molecular flexibility index (Phi) is 3.97. The standard InChI is InChI=1S/C14H19F2NO/c1-13(8-5-9-18-13)10-17-11-14(15,16)12-6-3-2-4-7-12/h2-4,6-7,17H,5,8-11H2,1H3. The van der Waals surface area contributed by atoms with Gasteiger partial charge in [-0.2, -0.15) is 8.78 Å². The van der Waals surface area contributed by atoms with Crippen LogP contribution in [0.1, 0.15) is 25.3 Å². The summed E-state index contributed by atoms with van der Waals surface area (Å²) in [6, 6.07) is 7.90. The van der Waals surface area contributed by atoms with Gasteiger partial charge in [0.15, 0.2) is 0 Å². The maximum absolute atomic E-state index is 13.9. The lowest BCUT2D eigenvalue weighted by atomic mass is 10.0. The molecule has 100 valence electrons. The molecule has 1 atom stereocenters. The quantitative estimate of drug-likeness (QED) is 0.873. The molecule has 2 nitrogen and oxygen atoms in total. The molecule has 1 unspecified atom stereocenters. The zero-order valence-electron chi connectivity index (χ0n) is 10.6. The van der Waals surface area contributed by atoms with Gasteiger partial charge in [0.05, 0.1) is 12.1 Å². The highest BCUT2D eigenvalue weighted by molar-refractivity contribution is 5.20. The Balaban J connectivity index is 1.86. The summed E-state index contributed by atoms with van der Waals surface area (Å²) in [5, 5.41) is 2.83. The fourth-order valence-corrected chi connectivity index (χ4v) is 2.24. The molecule has 1 fully saturated rings. The summed E-state index contributed by atoms with van der Waals surface area (Å²) in [7, 11) is 0. The molecule has 0 aromatic heterocycles. The molecule has 0 amide bonds. The zero-order chi connectivity index (χ0) is 13.1. The highest BCUT2D eigenvalue weighted by Gasteiger charge is 2.34. The molecule has 0 saturated carbocycles. The fraction of sp³-hybridized carbons (Fsp3) is 0.571. The van der Waals surface area contributed by atoms with Gasteiger partial charge in [0, 0.05) is 18.7 Å². The molecule has 1 aromatic carbocycles. The first kappa shape index (κ1) is 13.4. The van der Waals surface area contributed by atoms with Crippen molar-refractivity contribution in [1.29, 1.82) is 0 Å². The second kappa shape index (κ2) is 5.33. The second-order valence-corrected chi connectivity index (χ2v) is 5.08. The molecule has 1 aliphatic rings. The van der Waals surface area contributed by atoms with Crippen LogP contribution < -0.4 is 5.32 Å². The molecule has 4 heteroatoms. The first-order valence-corrected chi connectivity index (χ1v) is 6.30. The number of rotatable bonds is 5. The van der Waals surface area contributed by atoms with Gasteiger partial charge in [-0.15, -0.1) is 0 Å². The van der Waals surface area contributed by atoms with Crippen molar-refractivity contribution in [2.24, 2.45) is 0 Å². The molecule has 1 aromatic rings. The fourth-order valence-electron chi connectivity index (χ4n) is 2.24. The van der Waals surface area contributed by atoms with Crippen LogP contribution in [0, 0.1) is 0 Å². The molecule has 1 N–H and O–H groups in total. The molecule has 0 spiro atoms. The van der Waals surface area contributed by atoms with Crippen molar-refractivity contribution in [2.75, 3.05) is 19.7 Å². The van der Waals surface area contributed by atoms with Gasteiger partial charge < -0.3 is 10.1 Å². The second-order valence-electron chi connectivity index (χ2n) is 5.08. The van der Waals surface area contributed by atoms with Gasteiger partial charge in [0.25, 0.3) is 5.92 Å². The number of benzene rings is 1. The minimum atomic E-state index is -2.84. The van der Waals surface area contributed by atoms with E-state index < -0.39 is 5.92 Å². The summed E-state index contributed by atoms with van der Waals surface area (Å²) >= 11 is 0. The molecule has 0 aliphatic carbocycles. The van der Waals surface area contributed by atoms with E-state index in [0.717, 1.165) is 19.4 Å². The third-order valence-electron chi connectivity index (χ3n) is 3.34. The molecule has 1 heterocycles. The third kappa shape index (κ3) is 3.27. The van der Waals surface area contributed by atoms with E-state index in [1.165, 1.54) is 12.1 Å². The van der Waals surface area contributed by atoms with Crippen molar-refractivity contribution in [3.8, 4) is 0 Å². The Morgan fingerprint density at radius 3 is 2.67 bits per heavy atom. The molecule has 1 aliphatic heterocycles. The summed E-state index contributed by atoms with van der Waals surface area (Å²) in [6.07, 6.45) is 1.93. The average Bonchev–Trinajstić information content (AvgIpc) is 2.77. The molecular formula is C14H19F2NO. The van der Waals surface area contributed by atoms with Gasteiger partial charge in [-0.3, -0.25) is 0 Å². The van der Waals surface area contributed by atoms with Crippen molar-refractivity contribution in [3.05, 3.63) is 35.9 Å². The lowest BCUT2D eigenvalue weighted by molar-refractivity contribution is -0.0175. The SMILES string of the molecule is CC1(CNCC(F)(F)c2ccccc2)CCCO1. The number of halogens is 2. The molecule has 0 bridgehead atoms. The number of hydrogen-bond donors (Lipinski definition) is 1. The van der Waals surface area contributed by atoms with Gasteiger partial charge in [0.2, 0.25) is 0 Å². The molecule has 0 radical (unpaired) electrons. The Morgan fingerprint density at radius 2 is 2.06 bits per heavy atom. The Bertz CT molecular complexity index is 375. The van der Waals surface area contributed by atoms with E-state index in [2.05, 4.69) is 5.32 Å². The monoisotopic (exact) mass is 255 g/mol. The Morgan fingerprint density at radius 1 is 1.33 bits per heavy atom. The van der Waals surface area contributed by atoms with Crippen molar-refractivity contribution in [3.63, 3.8) is 0 Å². The van der Waals surface area contributed by atoms with Crippen LogP contribution in [0.2, 0.25) is 0 Å².